The molecule has 0 radical (unpaired) electrons. The average molecular weight is 299 g/mol. The average Bonchev–Trinajstić information content (AvgIpc) is 2.95. The second kappa shape index (κ2) is 6.30. The number of nitrogens with one attached hydrogen (secondary N) is 1. The summed E-state index contributed by atoms with van der Waals surface area (Å²) in [5, 5.41) is 10.7. The fourth-order valence-corrected chi connectivity index (χ4v) is 3.07. The maximum Gasteiger partial charge on any atom is 0.322 e. The normalized spacial score (nSPS) is 15.7. The Labute approximate surface area is 130 Å². The number of amides is 1. The number of benzene rings is 1. The van der Waals surface area contributed by atoms with Crippen LogP contribution in [-0.4, -0.2) is 16.1 Å². The predicted octanol–water partition coefficient (Wildman–Crippen LogP) is 3.99. The first-order valence-electron chi connectivity index (χ1n) is 7.85. The lowest BCUT2D eigenvalue weighted by Gasteiger charge is -2.17. The van der Waals surface area contributed by atoms with Crippen molar-refractivity contribution < 1.29 is 9.21 Å². The minimum Gasteiger partial charge on any atom is -0.408 e. The van der Waals surface area contributed by atoms with Gasteiger partial charge in [0.05, 0.1) is 0 Å². The number of carbonyl (C=O) groups excluding carboxylic acids is 1. The van der Waals surface area contributed by atoms with Crippen LogP contribution >= 0.6 is 0 Å². The third-order valence-corrected chi connectivity index (χ3v) is 4.10. The Morgan fingerprint density at radius 3 is 2.45 bits per heavy atom. The Morgan fingerprint density at radius 1 is 1.09 bits per heavy atom. The Bertz CT molecular complexity index is 652. The Kier molecular flexibility index (Phi) is 4.22. The van der Waals surface area contributed by atoms with Gasteiger partial charge in [-0.15, -0.1) is 5.10 Å². The molecule has 1 aromatic carbocycles. The van der Waals surface area contributed by atoms with Gasteiger partial charge >= 0.3 is 6.01 Å². The van der Waals surface area contributed by atoms with Crippen LogP contribution in [0.2, 0.25) is 0 Å². The van der Waals surface area contributed by atoms with Gasteiger partial charge in [-0.3, -0.25) is 10.1 Å². The number of aryl methyl sites for hydroxylation is 2. The van der Waals surface area contributed by atoms with Crippen molar-refractivity contribution in [2.24, 2.45) is 0 Å². The SMILES string of the molecule is Cc1cc(C)cc(C(=O)Nc2nnc(C3CCCCC3)o2)c1. The van der Waals surface area contributed by atoms with Gasteiger partial charge in [-0.1, -0.05) is 41.6 Å². The molecule has 0 saturated heterocycles. The van der Waals surface area contributed by atoms with Gasteiger partial charge < -0.3 is 4.42 Å². The first kappa shape index (κ1) is 14.8. The van der Waals surface area contributed by atoms with E-state index in [-0.39, 0.29) is 11.9 Å². The summed E-state index contributed by atoms with van der Waals surface area (Å²) < 4.78 is 5.62. The van der Waals surface area contributed by atoms with Crippen molar-refractivity contribution in [2.75, 3.05) is 5.32 Å². The van der Waals surface area contributed by atoms with Gasteiger partial charge in [0.25, 0.3) is 5.91 Å². The summed E-state index contributed by atoms with van der Waals surface area (Å²) >= 11 is 0. The summed E-state index contributed by atoms with van der Waals surface area (Å²) in [6.45, 7) is 3.94. The molecule has 1 saturated carbocycles. The van der Waals surface area contributed by atoms with Crippen molar-refractivity contribution >= 4 is 11.9 Å². The number of rotatable bonds is 3. The molecule has 116 valence electrons. The Morgan fingerprint density at radius 2 is 1.77 bits per heavy atom. The van der Waals surface area contributed by atoms with Gasteiger partial charge in [-0.25, -0.2) is 0 Å². The van der Waals surface area contributed by atoms with Crippen LogP contribution in [0.15, 0.2) is 22.6 Å². The second-order valence-corrected chi connectivity index (χ2v) is 6.11. The monoisotopic (exact) mass is 299 g/mol. The highest BCUT2D eigenvalue weighted by Crippen LogP contribution is 2.32. The molecule has 1 N–H and O–H groups in total. The molecule has 0 unspecified atom stereocenters. The van der Waals surface area contributed by atoms with Crippen molar-refractivity contribution in [1.82, 2.24) is 10.2 Å². The summed E-state index contributed by atoms with van der Waals surface area (Å²) in [7, 11) is 0. The van der Waals surface area contributed by atoms with Crippen molar-refractivity contribution in [3.63, 3.8) is 0 Å². The standard InChI is InChI=1S/C17H21N3O2/c1-11-8-12(2)10-14(9-11)15(21)18-17-20-19-16(22-17)13-6-4-3-5-7-13/h8-10,13H,3-7H2,1-2H3,(H,18,20,21). The van der Waals surface area contributed by atoms with Crippen LogP contribution in [0.3, 0.4) is 0 Å². The zero-order chi connectivity index (χ0) is 15.5. The molecule has 22 heavy (non-hydrogen) atoms. The van der Waals surface area contributed by atoms with Gasteiger partial charge in [0.15, 0.2) is 0 Å². The Balaban J connectivity index is 1.70. The summed E-state index contributed by atoms with van der Waals surface area (Å²) in [6, 6.07) is 5.91. The van der Waals surface area contributed by atoms with Gasteiger partial charge in [-0.05, 0) is 38.8 Å². The van der Waals surface area contributed by atoms with Gasteiger partial charge in [0, 0.05) is 11.5 Å². The number of carbonyl (C=O) groups is 1. The number of anilines is 1. The molecule has 1 aliphatic carbocycles. The molecule has 1 fully saturated rings. The highest BCUT2D eigenvalue weighted by atomic mass is 16.4. The maximum absolute atomic E-state index is 12.3. The van der Waals surface area contributed by atoms with Crippen molar-refractivity contribution in [1.29, 1.82) is 0 Å². The third kappa shape index (κ3) is 3.35. The molecular formula is C17H21N3O2. The quantitative estimate of drug-likeness (QED) is 0.930. The lowest BCUT2D eigenvalue weighted by atomic mass is 9.89. The molecule has 5 heteroatoms. The fourth-order valence-electron chi connectivity index (χ4n) is 3.07. The van der Waals surface area contributed by atoms with Crippen LogP contribution in [0.5, 0.6) is 0 Å². The first-order valence-corrected chi connectivity index (χ1v) is 7.85. The van der Waals surface area contributed by atoms with Crippen molar-refractivity contribution in [3.8, 4) is 0 Å². The molecular weight excluding hydrogens is 278 g/mol. The molecule has 1 aliphatic rings. The predicted molar refractivity (Wildman–Crippen MR) is 84.0 cm³/mol. The summed E-state index contributed by atoms with van der Waals surface area (Å²) in [4.78, 5) is 12.3. The number of hydrogen-bond acceptors (Lipinski definition) is 4. The van der Waals surface area contributed by atoms with E-state index in [1.54, 1.807) is 0 Å². The zero-order valence-electron chi connectivity index (χ0n) is 13.1. The van der Waals surface area contributed by atoms with Crippen LogP contribution in [0.1, 0.15) is 65.4 Å². The van der Waals surface area contributed by atoms with Crippen molar-refractivity contribution in [3.05, 3.63) is 40.8 Å². The molecule has 0 bridgehead atoms. The van der Waals surface area contributed by atoms with Gasteiger partial charge in [0.2, 0.25) is 5.89 Å². The van der Waals surface area contributed by atoms with Crippen LogP contribution in [0.25, 0.3) is 0 Å². The van der Waals surface area contributed by atoms with E-state index in [4.69, 9.17) is 4.42 Å². The highest BCUT2D eigenvalue weighted by molar-refractivity contribution is 6.03. The first-order chi connectivity index (χ1) is 10.6. The molecule has 1 aromatic heterocycles. The summed E-state index contributed by atoms with van der Waals surface area (Å²) in [5.74, 6) is 0.772. The Hall–Kier alpha value is -2.17. The summed E-state index contributed by atoms with van der Waals surface area (Å²) in [5.41, 5.74) is 2.71. The van der Waals surface area contributed by atoms with Crippen LogP contribution < -0.4 is 5.32 Å². The maximum atomic E-state index is 12.3. The molecule has 0 spiro atoms. The van der Waals surface area contributed by atoms with E-state index in [9.17, 15) is 4.79 Å². The largest absolute Gasteiger partial charge is 0.408 e. The fraction of sp³-hybridized carbons (Fsp3) is 0.471. The van der Waals surface area contributed by atoms with E-state index in [0.717, 1.165) is 24.0 Å². The van der Waals surface area contributed by atoms with E-state index in [0.29, 0.717) is 17.4 Å². The minimum atomic E-state index is -0.217. The van der Waals surface area contributed by atoms with E-state index < -0.39 is 0 Å². The lowest BCUT2D eigenvalue weighted by molar-refractivity contribution is 0.102. The van der Waals surface area contributed by atoms with E-state index in [1.165, 1.54) is 19.3 Å². The molecule has 2 aromatic rings. The van der Waals surface area contributed by atoms with Gasteiger partial charge in [0.1, 0.15) is 0 Å². The third-order valence-electron chi connectivity index (χ3n) is 4.10. The van der Waals surface area contributed by atoms with Crippen LogP contribution in [-0.2, 0) is 0 Å². The summed E-state index contributed by atoms with van der Waals surface area (Å²) in [6.07, 6.45) is 5.87. The van der Waals surface area contributed by atoms with Crippen LogP contribution in [0.4, 0.5) is 6.01 Å². The molecule has 3 rings (SSSR count). The molecule has 0 aliphatic heterocycles. The lowest BCUT2D eigenvalue weighted by Crippen LogP contribution is -2.12. The van der Waals surface area contributed by atoms with E-state index in [1.807, 2.05) is 32.0 Å². The topological polar surface area (TPSA) is 68.0 Å². The number of nitrogens with zero attached hydrogens (tertiary/aromatic N) is 2. The van der Waals surface area contributed by atoms with E-state index in [2.05, 4.69) is 15.5 Å². The second-order valence-electron chi connectivity index (χ2n) is 6.11. The zero-order valence-corrected chi connectivity index (χ0v) is 13.1. The molecule has 1 heterocycles. The van der Waals surface area contributed by atoms with Crippen molar-refractivity contribution in [2.45, 2.75) is 51.9 Å². The van der Waals surface area contributed by atoms with Crippen LogP contribution in [0, 0.1) is 13.8 Å². The smallest absolute Gasteiger partial charge is 0.322 e. The minimum absolute atomic E-state index is 0.185. The molecule has 0 atom stereocenters. The number of aromatic nitrogens is 2. The highest BCUT2D eigenvalue weighted by Gasteiger charge is 2.22. The number of hydrogen-bond donors (Lipinski definition) is 1. The van der Waals surface area contributed by atoms with Gasteiger partial charge in [-0.2, -0.15) is 0 Å². The van der Waals surface area contributed by atoms with E-state index >= 15 is 0 Å². The molecule has 5 nitrogen and oxygen atoms in total. The molecule has 1 amide bonds.